The average Bonchev–Trinajstić information content (AvgIpc) is 2.46. The zero-order valence-electron chi connectivity index (χ0n) is 13.4. The highest BCUT2D eigenvalue weighted by Gasteiger charge is 2.20. The third-order valence-electron chi connectivity index (χ3n) is 3.53. The lowest BCUT2D eigenvalue weighted by Crippen LogP contribution is -2.46. The van der Waals surface area contributed by atoms with Crippen molar-refractivity contribution in [3.8, 4) is 0 Å². The smallest absolute Gasteiger partial charge is 0.340 e. The number of rotatable bonds is 3. The van der Waals surface area contributed by atoms with Crippen molar-refractivity contribution in [1.82, 2.24) is 9.88 Å². The van der Waals surface area contributed by atoms with Gasteiger partial charge in [0.15, 0.2) is 0 Å². The maximum atomic E-state index is 11.9. The summed E-state index contributed by atoms with van der Waals surface area (Å²) in [7, 11) is 0. The number of likely N-dealkylation sites (N-methyl/N-ethyl adjacent to an activating group) is 1. The van der Waals surface area contributed by atoms with Crippen LogP contribution in [-0.4, -0.2) is 54.2 Å². The molecule has 0 aromatic carbocycles. The predicted molar refractivity (Wildman–Crippen MR) is 83.7 cm³/mol. The highest BCUT2D eigenvalue weighted by Crippen LogP contribution is 2.16. The highest BCUT2D eigenvalue weighted by molar-refractivity contribution is 5.89. The summed E-state index contributed by atoms with van der Waals surface area (Å²) < 4.78 is 5.34. The first-order chi connectivity index (χ1) is 9.89. The fourth-order valence-electron chi connectivity index (χ4n) is 2.32. The first-order valence-electron chi connectivity index (χ1n) is 7.56. The van der Waals surface area contributed by atoms with E-state index in [4.69, 9.17) is 4.74 Å². The molecule has 0 unspecified atom stereocenters. The largest absolute Gasteiger partial charge is 0.456 e. The van der Waals surface area contributed by atoms with Crippen molar-refractivity contribution < 1.29 is 9.53 Å². The van der Waals surface area contributed by atoms with Crippen LogP contribution in [0.2, 0.25) is 0 Å². The summed E-state index contributed by atoms with van der Waals surface area (Å²) >= 11 is 0. The minimum Gasteiger partial charge on any atom is -0.456 e. The number of hydrogen-bond acceptors (Lipinski definition) is 5. The quantitative estimate of drug-likeness (QED) is 0.799. The van der Waals surface area contributed by atoms with E-state index >= 15 is 0 Å². The summed E-state index contributed by atoms with van der Waals surface area (Å²) in [5.74, 6) is 0.607. The van der Waals surface area contributed by atoms with Crippen molar-refractivity contribution in [2.45, 2.75) is 33.3 Å². The number of piperazine rings is 1. The number of esters is 1. The van der Waals surface area contributed by atoms with Crippen LogP contribution in [0.25, 0.3) is 0 Å². The van der Waals surface area contributed by atoms with Gasteiger partial charge >= 0.3 is 5.97 Å². The number of pyridine rings is 1. The molecule has 0 bridgehead atoms. The zero-order valence-corrected chi connectivity index (χ0v) is 13.4. The van der Waals surface area contributed by atoms with E-state index in [0.29, 0.717) is 5.56 Å². The molecule has 21 heavy (non-hydrogen) atoms. The topological polar surface area (TPSA) is 45.7 Å². The molecule has 0 radical (unpaired) electrons. The van der Waals surface area contributed by atoms with Gasteiger partial charge in [0.25, 0.3) is 0 Å². The van der Waals surface area contributed by atoms with Gasteiger partial charge < -0.3 is 14.5 Å². The molecule has 1 aliphatic rings. The Morgan fingerprint density at radius 3 is 2.38 bits per heavy atom. The number of carbonyl (C=O) groups excluding carboxylic acids is 1. The fourth-order valence-corrected chi connectivity index (χ4v) is 2.32. The number of ether oxygens (including phenoxy) is 1. The molecular weight excluding hydrogens is 266 g/mol. The molecule has 1 aromatic heterocycles. The van der Waals surface area contributed by atoms with Crippen LogP contribution >= 0.6 is 0 Å². The van der Waals surface area contributed by atoms with Crippen LogP contribution < -0.4 is 4.90 Å². The third-order valence-corrected chi connectivity index (χ3v) is 3.53. The van der Waals surface area contributed by atoms with Gasteiger partial charge in [-0.15, -0.1) is 0 Å². The second kappa shape index (κ2) is 6.43. The number of carbonyl (C=O) groups is 1. The van der Waals surface area contributed by atoms with Gasteiger partial charge in [-0.05, 0) is 39.4 Å². The number of hydrogen-bond donors (Lipinski definition) is 0. The Bertz CT molecular complexity index is 471. The van der Waals surface area contributed by atoms with Crippen LogP contribution in [-0.2, 0) is 4.74 Å². The van der Waals surface area contributed by atoms with Gasteiger partial charge in [0.1, 0.15) is 11.4 Å². The summed E-state index contributed by atoms with van der Waals surface area (Å²) in [5.41, 5.74) is 0.0209. The third kappa shape index (κ3) is 4.43. The Morgan fingerprint density at radius 1 is 1.24 bits per heavy atom. The van der Waals surface area contributed by atoms with Gasteiger partial charge in [-0.1, -0.05) is 6.92 Å². The highest BCUT2D eigenvalue weighted by atomic mass is 16.6. The first-order valence-corrected chi connectivity index (χ1v) is 7.56. The average molecular weight is 291 g/mol. The Hall–Kier alpha value is -1.62. The Balaban J connectivity index is 1.98. The lowest BCUT2D eigenvalue weighted by molar-refractivity contribution is 0.00691. The molecule has 0 spiro atoms. The molecule has 1 aromatic rings. The van der Waals surface area contributed by atoms with E-state index in [9.17, 15) is 4.79 Å². The van der Waals surface area contributed by atoms with Gasteiger partial charge in [-0.25, -0.2) is 9.78 Å². The van der Waals surface area contributed by atoms with Crippen LogP contribution in [0.4, 0.5) is 5.82 Å². The molecule has 1 saturated heterocycles. The van der Waals surface area contributed by atoms with Crippen molar-refractivity contribution in [2.24, 2.45) is 0 Å². The van der Waals surface area contributed by atoms with E-state index in [1.807, 2.05) is 26.8 Å². The molecule has 1 fully saturated rings. The first kappa shape index (κ1) is 15.8. The maximum absolute atomic E-state index is 11.9. The summed E-state index contributed by atoms with van der Waals surface area (Å²) in [4.78, 5) is 21.0. The second-order valence-electron chi connectivity index (χ2n) is 6.33. The van der Waals surface area contributed by atoms with E-state index in [0.717, 1.165) is 38.5 Å². The van der Waals surface area contributed by atoms with Crippen LogP contribution in [0.5, 0.6) is 0 Å². The predicted octanol–water partition coefficient (Wildman–Crippen LogP) is 2.18. The van der Waals surface area contributed by atoms with E-state index in [-0.39, 0.29) is 5.97 Å². The lowest BCUT2D eigenvalue weighted by atomic mass is 10.2. The summed E-state index contributed by atoms with van der Waals surface area (Å²) in [6.45, 7) is 12.9. The van der Waals surface area contributed by atoms with E-state index in [2.05, 4.69) is 21.7 Å². The standard InChI is InChI=1S/C16H25N3O2/c1-5-18-8-10-19(11-9-18)14-7-6-13(12-17-14)15(20)21-16(2,3)4/h6-7,12H,5,8-11H2,1-4H3. The molecular formula is C16H25N3O2. The van der Waals surface area contributed by atoms with Crippen molar-refractivity contribution in [2.75, 3.05) is 37.6 Å². The van der Waals surface area contributed by atoms with Crippen LogP contribution in [0.15, 0.2) is 18.3 Å². The van der Waals surface area contributed by atoms with Crippen LogP contribution in [0.3, 0.4) is 0 Å². The Morgan fingerprint density at radius 2 is 1.90 bits per heavy atom. The summed E-state index contributed by atoms with van der Waals surface area (Å²) in [6, 6.07) is 3.70. The second-order valence-corrected chi connectivity index (χ2v) is 6.33. The molecule has 2 rings (SSSR count). The van der Waals surface area contributed by atoms with Crippen LogP contribution in [0.1, 0.15) is 38.1 Å². The van der Waals surface area contributed by atoms with Gasteiger partial charge in [-0.3, -0.25) is 0 Å². The van der Waals surface area contributed by atoms with Gasteiger partial charge in [0.2, 0.25) is 0 Å². The number of anilines is 1. The molecule has 0 N–H and O–H groups in total. The summed E-state index contributed by atoms with van der Waals surface area (Å²) in [5, 5.41) is 0. The maximum Gasteiger partial charge on any atom is 0.340 e. The number of aromatic nitrogens is 1. The SMILES string of the molecule is CCN1CCN(c2ccc(C(=O)OC(C)(C)C)cn2)CC1. The summed E-state index contributed by atoms with van der Waals surface area (Å²) in [6.07, 6.45) is 1.61. The Labute approximate surface area is 126 Å². The molecule has 0 saturated carbocycles. The van der Waals surface area contributed by atoms with Crippen molar-refractivity contribution in [1.29, 1.82) is 0 Å². The van der Waals surface area contributed by atoms with Crippen molar-refractivity contribution in [3.05, 3.63) is 23.9 Å². The molecule has 1 aliphatic heterocycles. The number of nitrogens with zero attached hydrogens (tertiary/aromatic N) is 3. The van der Waals surface area contributed by atoms with Crippen LogP contribution in [0, 0.1) is 0 Å². The van der Waals surface area contributed by atoms with E-state index in [1.165, 1.54) is 0 Å². The van der Waals surface area contributed by atoms with E-state index in [1.54, 1.807) is 12.3 Å². The zero-order chi connectivity index (χ0) is 15.5. The van der Waals surface area contributed by atoms with Crippen molar-refractivity contribution in [3.63, 3.8) is 0 Å². The molecule has 5 heteroatoms. The lowest BCUT2D eigenvalue weighted by Gasteiger charge is -2.34. The minimum atomic E-state index is -0.480. The van der Waals surface area contributed by atoms with E-state index < -0.39 is 5.60 Å². The molecule has 2 heterocycles. The van der Waals surface area contributed by atoms with Crippen molar-refractivity contribution >= 4 is 11.8 Å². The minimum absolute atomic E-state index is 0.322. The molecule has 5 nitrogen and oxygen atoms in total. The molecule has 116 valence electrons. The Kier molecular flexibility index (Phi) is 4.83. The molecule has 0 atom stereocenters. The van der Waals surface area contributed by atoms with Gasteiger partial charge in [-0.2, -0.15) is 0 Å². The van der Waals surface area contributed by atoms with Gasteiger partial charge in [0, 0.05) is 32.4 Å². The molecule has 0 aliphatic carbocycles. The fraction of sp³-hybridized carbons (Fsp3) is 0.625. The van der Waals surface area contributed by atoms with Gasteiger partial charge in [0.05, 0.1) is 5.56 Å². The molecule has 0 amide bonds. The monoisotopic (exact) mass is 291 g/mol. The normalized spacial score (nSPS) is 16.9.